The van der Waals surface area contributed by atoms with Crippen molar-refractivity contribution in [1.29, 1.82) is 0 Å². The molecule has 0 heterocycles. The van der Waals surface area contributed by atoms with Gasteiger partial charge < -0.3 is 14.9 Å². The molecule has 0 saturated carbocycles. The zero-order valence-electron chi connectivity index (χ0n) is 9.31. The van der Waals surface area contributed by atoms with Crippen molar-refractivity contribution in [3.8, 4) is 11.8 Å². The van der Waals surface area contributed by atoms with Crippen molar-refractivity contribution in [2.45, 2.75) is 19.1 Å². The predicted molar refractivity (Wildman–Crippen MR) is 61.6 cm³/mol. The first-order valence-corrected chi connectivity index (χ1v) is 5.09. The van der Waals surface area contributed by atoms with Gasteiger partial charge in [-0.05, 0) is 12.5 Å². The van der Waals surface area contributed by atoms with Crippen molar-refractivity contribution in [3.63, 3.8) is 0 Å². The average molecular weight is 220 g/mol. The zero-order valence-corrected chi connectivity index (χ0v) is 9.31. The van der Waals surface area contributed by atoms with Crippen LogP contribution in [0.15, 0.2) is 30.3 Å². The highest BCUT2D eigenvalue weighted by molar-refractivity contribution is 5.14. The van der Waals surface area contributed by atoms with E-state index < -0.39 is 5.60 Å². The summed E-state index contributed by atoms with van der Waals surface area (Å²) in [6.45, 7) is 1.82. The maximum absolute atomic E-state index is 9.36. The van der Waals surface area contributed by atoms with Gasteiger partial charge in [-0.15, -0.1) is 0 Å². The molecule has 1 aromatic rings. The van der Waals surface area contributed by atoms with E-state index in [0.29, 0.717) is 6.61 Å². The molecule has 1 atom stereocenters. The molecule has 0 aliphatic carbocycles. The number of rotatable bonds is 4. The van der Waals surface area contributed by atoms with E-state index in [2.05, 4.69) is 11.8 Å². The molecule has 3 nitrogen and oxygen atoms in total. The standard InChI is InChI=1S/C13H16O3/c1-13(15,11-14)8-5-9-16-10-12-6-3-2-4-7-12/h2-4,6-7,14-15H,9-11H2,1H3/t13-/m0/s1. The van der Waals surface area contributed by atoms with Gasteiger partial charge in [0, 0.05) is 0 Å². The van der Waals surface area contributed by atoms with Crippen molar-refractivity contribution in [3.05, 3.63) is 35.9 Å². The first kappa shape index (κ1) is 12.7. The van der Waals surface area contributed by atoms with Crippen LogP contribution >= 0.6 is 0 Å². The summed E-state index contributed by atoms with van der Waals surface area (Å²) in [6, 6.07) is 9.78. The van der Waals surface area contributed by atoms with Gasteiger partial charge in [0.25, 0.3) is 0 Å². The van der Waals surface area contributed by atoms with Crippen LogP contribution in [0, 0.1) is 11.8 Å². The molecule has 0 spiro atoms. The van der Waals surface area contributed by atoms with Gasteiger partial charge in [0.1, 0.15) is 12.2 Å². The Hall–Kier alpha value is -1.34. The summed E-state index contributed by atoms with van der Waals surface area (Å²) in [6.07, 6.45) is 0. The topological polar surface area (TPSA) is 49.7 Å². The van der Waals surface area contributed by atoms with E-state index in [0.717, 1.165) is 5.56 Å². The Balaban J connectivity index is 2.27. The maximum Gasteiger partial charge on any atom is 0.145 e. The highest BCUT2D eigenvalue weighted by Crippen LogP contribution is 2.00. The minimum absolute atomic E-state index is 0.241. The lowest BCUT2D eigenvalue weighted by Gasteiger charge is -2.10. The third-order valence-electron chi connectivity index (χ3n) is 1.95. The van der Waals surface area contributed by atoms with E-state index in [-0.39, 0.29) is 13.2 Å². The Morgan fingerprint density at radius 2 is 2.00 bits per heavy atom. The van der Waals surface area contributed by atoms with Crippen molar-refractivity contribution in [2.24, 2.45) is 0 Å². The first-order valence-electron chi connectivity index (χ1n) is 5.09. The van der Waals surface area contributed by atoms with Gasteiger partial charge >= 0.3 is 0 Å². The molecule has 3 heteroatoms. The molecule has 0 radical (unpaired) electrons. The molecule has 2 N–H and O–H groups in total. The van der Waals surface area contributed by atoms with Gasteiger partial charge in [-0.25, -0.2) is 0 Å². The Labute approximate surface area is 95.7 Å². The van der Waals surface area contributed by atoms with Gasteiger partial charge in [-0.2, -0.15) is 0 Å². The molecule has 0 aliphatic rings. The van der Waals surface area contributed by atoms with Crippen molar-refractivity contribution < 1.29 is 14.9 Å². The summed E-state index contributed by atoms with van der Waals surface area (Å²) in [4.78, 5) is 0. The van der Waals surface area contributed by atoms with Crippen LogP contribution in [0.4, 0.5) is 0 Å². The van der Waals surface area contributed by atoms with Crippen LogP contribution in [-0.2, 0) is 11.3 Å². The molecule has 1 aromatic carbocycles. The van der Waals surface area contributed by atoms with Gasteiger partial charge in [-0.3, -0.25) is 0 Å². The summed E-state index contributed by atoms with van der Waals surface area (Å²) in [5.74, 6) is 5.19. The number of aliphatic hydroxyl groups is 2. The fourth-order valence-corrected chi connectivity index (χ4v) is 1.06. The molecule has 0 saturated heterocycles. The van der Waals surface area contributed by atoms with Gasteiger partial charge in [0.2, 0.25) is 0 Å². The summed E-state index contributed by atoms with van der Waals surface area (Å²) >= 11 is 0. The molecule has 0 aliphatic heterocycles. The summed E-state index contributed by atoms with van der Waals surface area (Å²) in [7, 11) is 0. The Bertz CT molecular complexity index is 360. The molecule has 0 amide bonds. The molecule has 0 unspecified atom stereocenters. The SMILES string of the molecule is C[C@](O)(C#CCOCc1ccccc1)CO. The van der Waals surface area contributed by atoms with Gasteiger partial charge in [0.15, 0.2) is 0 Å². The second-order valence-corrected chi connectivity index (χ2v) is 3.71. The second kappa shape index (κ2) is 6.29. The molecule has 0 aromatic heterocycles. The van der Waals surface area contributed by atoms with Gasteiger partial charge in [-0.1, -0.05) is 42.2 Å². The van der Waals surface area contributed by atoms with Crippen LogP contribution < -0.4 is 0 Å². The molecular weight excluding hydrogens is 204 g/mol. The highest BCUT2D eigenvalue weighted by atomic mass is 16.5. The van der Waals surface area contributed by atoms with Crippen LogP contribution in [-0.4, -0.2) is 29.0 Å². The number of ether oxygens (including phenoxy) is 1. The van der Waals surface area contributed by atoms with E-state index in [1.165, 1.54) is 6.92 Å². The monoisotopic (exact) mass is 220 g/mol. The quantitative estimate of drug-likeness (QED) is 0.586. The average Bonchev–Trinajstić information content (AvgIpc) is 2.30. The number of hydrogen-bond acceptors (Lipinski definition) is 3. The van der Waals surface area contributed by atoms with Crippen LogP contribution in [0.2, 0.25) is 0 Å². The minimum Gasteiger partial charge on any atom is -0.392 e. The van der Waals surface area contributed by atoms with Crippen LogP contribution in [0.25, 0.3) is 0 Å². The molecule has 86 valence electrons. The van der Waals surface area contributed by atoms with Crippen molar-refractivity contribution >= 4 is 0 Å². The third kappa shape index (κ3) is 4.94. The molecule has 1 rings (SSSR count). The van der Waals surface area contributed by atoms with Crippen molar-refractivity contribution in [1.82, 2.24) is 0 Å². The van der Waals surface area contributed by atoms with Crippen LogP contribution in [0.5, 0.6) is 0 Å². The van der Waals surface area contributed by atoms with Crippen LogP contribution in [0.3, 0.4) is 0 Å². The molecular formula is C13H16O3. The fraction of sp³-hybridized carbons (Fsp3) is 0.385. The normalized spacial score (nSPS) is 13.7. The highest BCUT2D eigenvalue weighted by Gasteiger charge is 2.13. The molecule has 16 heavy (non-hydrogen) atoms. The van der Waals surface area contributed by atoms with E-state index >= 15 is 0 Å². The number of hydrogen-bond donors (Lipinski definition) is 2. The summed E-state index contributed by atoms with van der Waals surface area (Å²) < 4.78 is 5.29. The lowest BCUT2D eigenvalue weighted by atomic mass is 10.1. The Kier molecular flexibility index (Phi) is 5.00. The fourth-order valence-electron chi connectivity index (χ4n) is 1.06. The number of aliphatic hydroxyl groups excluding tert-OH is 1. The molecule has 0 fully saturated rings. The largest absolute Gasteiger partial charge is 0.392 e. The lowest BCUT2D eigenvalue weighted by Crippen LogP contribution is -2.26. The second-order valence-electron chi connectivity index (χ2n) is 3.71. The first-order chi connectivity index (χ1) is 7.64. The smallest absolute Gasteiger partial charge is 0.145 e. The summed E-state index contributed by atoms with van der Waals surface area (Å²) in [5, 5.41) is 18.1. The molecule has 0 bridgehead atoms. The van der Waals surface area contributed by atoms with Gasteiger partial charge in [0.05, 0.1) is 13.2 Å². The predicted octanol–water partition coefficient (Wildman–Crippen LogP) is 0.950. The van der Waals surface area contributed by atoms with E-state index in [1.54, 1.807) is 0 Å². The Morgan fingerprint density at radius 1 is 1.31 bits per heavy atom. The summed E-state index contributed by atoms with van der Waals surface area (Å²) in [5.41, 5.74) is -0.256. The third-order valence-corrected chi connectivity index (χ3v) is 1.95. The van der Waals surface area contributed by atoms with E-state index in [1.807, 2.05) is 30.3 Å². The van der Waals surface area contributed by atoms with E-state index in [9.17, 15) is 5.11 Å². The lowest BCUT2D eigenvalue weighted by molar-refractivity contribution is 0.0514. The maximum atomic E-state index is 9.36. The van der Waals surface area contributed by atoms with E-state index in [4.69, 9.17) is 9.84 Å². The van der Waals surface area contributed by atoms with Crippen LogP contribution in [0.1, 0.15) is 12.5 Å². The number of benzene rings is 1. The minimum atomic E-state index is -1.34. The Morgan fingerprint density at radius 3 is 2.62 bits per heavy atom. The zero-order chi connectivity index (χ0) is 11.9. The van der Waals surface area contributed by atoms with Crippen molar-refractivity contribution in [2.75, 3.05) is 13.2 Å².